The van der Waals surface area contributed by atoms with Gasteiger partial charge in [0.25, 0.3) is 0 Å². The van der Waals surface area contributed by atoms with E-state index in [9.17, 15) is 5.11 Å². The summed E-state index contributed by atoms with van der Waals surface area (Å²) in [6, 6.07) is 0. The lowest BCUT2D eigenvalue weighted by Gasteiger charge is -2.43. The van der Waals surface area contributed by atoms with Gasteiger partial charge in [-0.05, 0) is 49.9 Å². The average molecular weight is 325 g/mol. The van der Waals surface area contributed by atoms with Crippen molar-refractivity contribution in [1.82, 2.24) is 4.90 Å². The van der Waals surface area contributed by atoms with Gasteiger partial charge < -0.3 is 14.6 Å². The summed E-state index contributed by atoms with van der Waals surface area (Å²) in [5.74, 6) is 0.788. The van der Waals surface area contributed by atoms with Gasteiger partial charge in [0.1, 0.15) is 0 Å². The number of aliphatic hydroxyl groups excluding tert-OH is 1. The minimum Gasteiger partial charge on any atom is -0.389 e. The van der Waals surface area contributed by atoms with Crippen molar-refractivity contribution in [3.05, 3.63) is 0 Å². The Morgan fingerprint density at radius 1 is 1.22 bits per heavy atom. The number of nitrogens with zero attached hydrogens (tertiary/aromatic N) is 1. The first-order valence-electron chi connectivity index (χ1n) is 9.38. The van der Waals surface area contributed by atoms with Crippen LogP contribution in [0.1, 0.15) is 53.9 Å². The molecule has 0 aromatic rings. The van der Waals surface area contributed by atoms with Crippen molar-refractivity contribution in [3.8, 4) is 0 Å². The Hall–Kier alpha value is -0.160. The molecule has 2 aliphatic carbocycles. The van der Waals surface area contributed by atoms with Crippen molar-refractivity contribution in [1.29, 1.82) is 0 Å². The molecule has 2 bridgehead atoms. The molecule has 0 amide bonds. The summed E-state index contributed by atoms with van der Waals surface area (Å²) >= 11 is 0. The van der Waals surface area contributed by atoms with Gasteiger partial charge in [-0.2, -0.15) is 0 Å². The lowest BCUT2D eigenvalue weighted by molar-refractivity contribution is -0.121. The molecule has 0 aromatic carbocycles. The summed E-state index contributed by atoms with van der Waals surface area (Å²) in [5, 5.41) is 10.5. The fourth-order valence-electron chi connectivity index (χ4n) is 5.66. The molecule has 3 rings (SSSR count). The fourth-order valence-corrected chi connectivity index (χ4v) is 5.66. The third kappa shape index (κ3) is 3.46. The highest BCUT2D eigenvalue weighted by Gasteiger charge is 2.60. The average Bonchev–Trinajstić information content (AvgIpc) is 2.88. The van der Waals surface area contributed by atoms with Gasteiger partial charge in [-0.15, -0.1) is 0 Å². The van der Waals surface area contributed by atoms with E-state index in [2.05, 4.69) is 39.5 Å². The number of ether oxygens (including phenoxy) is 2. The third-order valence-corrected chi connectivity index (χ3v) is 6.56. The number of morpholine rings is 1. The molecule has 1 aliphatic heterocycles. The summed E-state index contributed by atoms with van der Waals surface area (Å²) in [6.07, 6.45) is 4.28. The van der Waals surface area contributed by atoms with Crippen LogP contribution in [-0.2, 0) is 9.47 Å². The zero-order chi connectivity index (χ0) is 16.8. The lowest BCUT2D eigenvalue weighted by Crippen LogP contribution is -2.49. The molecule has 4 nitrogen and oxygen atoms in total. The topological polar surface area (TPSA) is 41.9 Å². The molecule has 1 N–H and O–H groups in total. The normalized spacial score (nSPS) is 44.6. The summed E-state index contributed by atoms with van der Waals surface area (Å²) in [7, 11) is 0. The van der Waals surface area contributed by atoms with Gasteiger partial charge in [-0.25, -0.2) is 0 Å². The zero-order valence-corrected chi connectivity index (χ0v) is 15.5. The molecule has 2 saturated carbocycles. The molecular formula is C19H35NO3. The number of hydrogen-bond acceptors (Lipinski definition) is 4. The molecule has 1 saturated heterocycles. The van der Waals surface area contributed by atoms with Crippen molar-refractivity contribution in [3.63, 3.8) is 0 Å². The number of β-amino-alcohol motifs (C(OH)–C–C–N with tert-alkyl or cyclic N) is 1. The first-order chi connectivity index (χ1) is 10.7. The van der Waals surface area contributed by atoms with Crippen molar-refractivity contribution >= 4 is 0 Å². The van der Waals surface area contributed by atoms with E-state index in [1.54, 1.807) is 0 Å². The van der Waals surface area contributed by atoms with Crippen LogP contribution in [0.25, 0.3) is 0 Å². The van der Waals surface area contributed by atoms with Crippen LogP contribution in [0.15, 0.2) is 0 Å². The number of fused-ring (bicyclic) bond motifs is 2. The van der Waals surface area contributed by atoms with Gasteiger partial charge in [0, 0.05) is 19.6 Å². The molecule has 0 aromatic heterocycles. The fraction of sp³-hybridized carbons (Fsp3) is 1.00. The Morgan fingerprint density at radius 2 is 1.87 bits per heavy atom. The van der Waals surface area contributed by atoms with Crippen molar-refractivity contribution in [2.24, 2.45) is 16.7 Å². The van der Waals surface area contributed by atoms with Gasteiger partial charge in [-0.3, -0.25) is 4.90 Å². The number of rotatable bonds is 5. The molecule has 0 unspecified atom stereocenters. The van der Waals surface area contributed by atoms with Crippen molar-refractivity contribution < 1.29 is 14.6 Å². The Bertz CT molecular complexity index is 412. The molecule has 4 heteroatoms. The zero-order valence-electron chi connectivity index (χ0n) is 15.5. The van der Waals surface area contributed by atoms with Crippen LogP contribution < -0.4 is 0 Å². The van der Waals surface area contributed by atoms with Crippen molar-refractivity contribution in [2.75, 3.05) is 26.2 Å². The van der Waals surface area contributed by atoms with Gasteiger partial charge in [-0.1, -0.05) is 20.8 Å². The van der Waals surface area contributed by atoms with E-state index in [1.807, 2.05) is 0 Å². The largest absolute Gasteiger partial charge is 0.389 e. The summed E-state index contributed by atoms with van der Waals surface area (Å²) in [4.78, 5) is 2.31. The monoisotopic (exact) mass is 325 g/mol. The van der Waals surface area contributed by atoms with Crippen LogP contribution in [0, 0.1) is 16.7 Å². The molecular weight excluding hydrogens is 290 g/mol. The van der Waals surface area contributed by atoms with Gasteiger partial charge in [0.05, 0.1) is 31.0 Å². The van der Waals surface area contributed by atoms with Gasteiger partial charge >= 0.3 is 0 Å². The Kier molecular flexibility index (Phi) is 4.83. The first-order valence-corrected chi connectivity index (χ1v) is 9.38. The third-order valence-electron chi connectivity index (χ3n) is 6.56. The summed E-state index contributed by atoms with van der Waals surface area (Å²) < 4.78 is 12.1. The predicted molar refractivity (Wildman–Crippen MR) is 91.4 cm³/mol. The molecule has 0 spiro atoms. The van der Waals surface area contributed by atoms with E-state index in [-0.39, 0.29) is 23.7 Å². The van der Waals surface area contributed by atoms with Crippen LogP contribution in [0.2, 0.25) is 0 Å². The lowest BCUT2D eigenvalue weighted by atomic mass is 9.70. The minimum atomic E-state index is -0.411. The second-order valence-electron chi connectivity index (χ2n) is 9.26. The maximum Gasteiger partial charge on any atom is 0.0900 e. The van der Waals surface area contributed by atoms with E-state index in [0.717, 1.165) is 19.0 Å². The molecule has 23 heavy (non-hydrogen) atoms. The molecule has 6 atom stereocenters. The highest BCUT2D eigenvalue weighted by Crippen LogP contribution is 2.63. The Labute approximate surface area is 141 Å². The van der Waals surface area contributed by atoms with Crippen LogP contribution in [0.4, 0.5) is 0 Å². The standard InChI is InChI=1S/C19H35NO3/c1-13-9-20(10-14(2)23-13)11-16(21)12-22-17-18(3,4)15-6-7-19(17,5)8-15/h13-17,21H,6-12H2,1-5H3/t13-,14+,15-,16+,17-,19-/m1/s1. The van der Waals surface area contributed by atoms with Crippen LogP contribution >= 0.6 is 0 Å². The van der Waals surface area contributed by atoms with Gasteiger partial charge in [0.15, 0.2) is 0 Å². The second kappa shape index (κ2) is 6.29. The minimum absolute atomic E-state index is 0.245. The Morgan fingerprint density at radius 3 is 2.43 bits per heavy atom. The van der Waals surface area contributed by atoms with E-state index >= 15 is 0 Å². The smallest absolute Gasteiger partial charge is 0.0900 e. The first kappa shape index (κ1) is 17.7. The molecule has 3 fully saturated rings. The highest BCUT2D eigenvalue weighted by atomic mass is 16.5. The highest BCUT2D eigenvalue weighted by molar-refractivity contribution is 5.09. The Balaban J connectivity index is 1.50. The van der Waals surface area contributed by atoms with E-state index < -0.39 is 6.10 Å². The van der Waals surface area contributed by atoms with Crippen molar-refractivity contribution in [2.45, 2.75) is 78.3 Å². The van der Waals surface area contributed by atoms with E-state index in [4.69, 9.17) is 9.47 Å². The van der Waals surface area contributed by atoms with E-state index in [1.165, 1.54) is 19.3 Å². The maximum atomic E-state index is 10.5. The molecule has 1 heterocycles. The number of aliphatic hydroxyl groups is 1. The molecule has 0 radical (unpaired) electrons. The number of hydrogen-bond donors (Lipinski definition) is 1. The summed E-state index contributed by atoms with van der Waals surface area (Å²) in [6.45, 7) is 14.2. The van der Waals surface area contributed by atoms with Crippen LogP contribution in [0.5, 0.6) is 0 Å². The quantitative estimate of drug-likeness (QED) is 0.844. The van der Waals surface area contributed by atoms with Crippen LogP contribution in [-0.4, -0.2) is 60.7 Å². The summed E-state index contributed by atoms with van der Waals surface area (Å²) in [5.41, 5.74) is 0.560. The molecule has 134 valence electrons. The van der Waals surface area contributed by atoms with E-state index in [0.29, 0.717) is 18.6 Å². The van der Waals surface area contributed by atoms with Gasteiger partial charge in [0.2, 0.25) is 0 Å². The molecule has 3 aliphatic rings. The van der Waals surface area contributed by atoms with Crippen LogP contribution in [0.3, 0.4) is 0 Å². The second-order valence-corrected chi connectivity index (χ2v) is 9.26. The SMILES string of the molecule is C[C@@H]1CN(C[C@H](O)CO[C@@H]2C(C)(C)[C@@H]3CC[C@]2(C)C3)C[C@H](C)O1. The predicted octanol–water partition coefficient (Wildman–Crippen LogP) is 2.69. The maximum absolute atomic E-state index is 10.5.